The van der Waals surface area contributed by atoms with E-state index in [1.54, 1.807) is 13.8 Å². The molecule has 0 spiro atoms. The van der Waals surface area contributed by atoms with Crippen LogP contribution in [0.3, 0.4) is 0 Å². The number of carbonyl (C=O) groups is 2. The predicted molar refractivity (Wildman–Crippen MR) is 112 cm³/mol. The lowest BCUT2D eigenvalue weighted by molar-refractivity contribution is -0.245. The first-order valence-electron chi connectivity index (χ1n) is 11.2. The average Bonchev–Trinajstić information content (AvgIpc) is 3.08. The van der Waals surface area contributed by atoms with E-state index in [-0.39, 0.29) is 24.2 Å². The van der Waals surface area contributed by atoms with E-state index in [2.05, 4.69) is 0 Å². The molecule has 0 aromatic heterocycles. The Balaban J connectivity index is 1.68. The first-order valence-corrected chi connectivity index (χ1v) is 11.6. The predicted octanol–water partition coefficient (Wildman–Crippen LogP) is 3.96. The van der Waals surface area contributed by atoms with Crippen LogP contribution in [0.4, 0.5) is 8.78 Å². The van der Waals surface area contributed by atoms with Crippen molar-refractivity contribution in [2.24, 2.45) is 22.7 Å². The lowest BCUT2D eigenvalue weighted by atomic mass is 9.44. The van der Waals surface area contributed by atoms with E-state index in [9.17, 15) is 19.1 Å². The summed E-state index contributed by atoms with van der Waals surface area (Å²) in [5, 5.41) is 10.5. The number of carbonyl (C=O) groups excluding carboxylic acids is 2. The number of ether oxygens (including phenoxy) is 2. The van der Waals surface area contributed by atoms with E-state index in [4.69, 9.17) is 21.1 Å². The Morgan fingerprint density at radius 1 is 1.22 bits per heavy atom. The highest BCUT2D eigenvalue weighted by molar-refractivity contribution is 6.23. The molecule has 4 aliphatic carbocycles. The summed E-state index contributed by atoms with van der Waals surface area (Å²) in [5.74, 6) is -4.25. The summed E-state index contributed by atoms with van der Waals surface area (Å²) >= 11 is 6.61. The smallest absolute Gasteiger partial charge is 0.213 e. The third-order valence-corrected chi connectivity index (χ3v) is 9.62. The van der Waals surface area contributed by atoms with Crippen LogP contribution in [0.2, 0.25) is 0 Å². The number of Topliss-reactive ketones (excluding diaryl/α,β-unsaturated/α-hetero) is 1. The zero-order chi connectivity index (χ0) is 23.6. The number of hydrogen-bond donors (Lipinski definition) is 1. The minimum atomic E-state index is -2.27. The fraction of sp³-hybridized carbons (Fsp3) is 0.750. The number of halogens is 3. The van der Waals surface area contributed by atoms with Gasteiger partial charge in [0, 0.05) is 22.3 Å². The van der Waals surface area contributed by atoms with Gasteiger partial charge in [0.15, 0.2) is 28.7 Å². The summed E-state index contributed by atoms with van der Waals surface area (Å²) in [4.78, 5) is 25.1. The van der Waals surface area contributed by atoms with E-state index < -0.39 is 68.9 Å². The van der Waals surface area contributed by atoms with Gasteiger partial charge < -0.3 is 14.6 Å². The number of rotatable bonds is 1. The van der Waals surface area contributed by atoms with Crippen molar-refractivity contribution in [2.75, 3.05) is 0 Å². The molecule has 1 heterocycles. The highest BCUT2D eigenvalue weighted by atomic mass is 35.5. The fourth-order valence-corrected chi connectivity index (χ4v) is 8.55. The lowest BCUT2D eigenvalue weighted by Crippen LogP contribution is -2.70. The summed E-state index contributed by atoms with van der Waals surface area (Å²) in [6.07, 6.45) is 0.629. The Labute approximate surface area is 191 Å². The van der Waals surface area contributed by atoms with Crippen molar-refractivity contribution in [1.82, 2.24) is 0 Å². The van der Waals surface area contributed by atoms with E-state index in [1.165, 1.54) is 19.9 Å². The largest absolute Gasteiger partial charge is 0.390 e. The van der Waals surface area contributed by atoms with Crippen LogP contribution in [0.15, 0.2) is 23.6 Å². The second-order valence-corrected chi connectivity index (χ2v) is 11.6. The van der Waals surface area contributed by atoms with Gasteiger partial charge >= 0.3 is 0 Å². The molecule has 5 aliphatic rings. The normalized spacial score (nSPS) is 53.5. The van der Waals surface area contributed by atoms with Crippen LogP contribution in [0.5, 0.6) is 0 Å². The van der Waals surface area contributed by atoms with Crippen LogP contribution in [0.1, 0.15) is 53.9 Å². The summed E-state index contributed by atoms with van der Waals surface area (Å²) in [6, 6.07) is 0. The molecule has 1 N–H and O–H groups in total. The Kier molecular flexibility index (Phi) is 4.45. The molecule has 0 aromatic rings. The molecule has 1 saturated heterocycles. The standard InChI is InChI=1S/C24H29ClF2O5/c1-11(28)24-17(31-20(2,3)32-24)9-12-13-8-14(25)18-19(26)15(29)6-7-21(18,4)23(13,27)16(30)10-22(12,24)5/h6-7,12-14,16-17,30H,8-10H2,1-5H3/t12-,13-,14?,16-,17+,21-,22-,23-,24+/m0/s1. The molecule has 1 aliphatic heterocycles. The molecule has 0 radical (unpaired) electrons. The third kappa shape index (κ3) is 2.29. The second kappa shape index (κ2) is 6.29. The monoisotopic (exact) mass is 470 g/mol. The van der Waals surface area contributed by atoms with Crippen molar-refractivity contribution in [3.05, 3.63) is 23.6 Å². The van der Waals surface area contributed by atoms with Crippen molar-refractivity contribution in [2.45, 2.75) is 88.5 Å². The van der Waals surface area contributed by atoms with E-state index >= 15 is 4.39 Å². The maximum absolute atomic E-state index is 17.2. The van der Waals surface area contributed by atoms with E-state index in [1.807, 2.05) is 6.92 Å². The van der Waals surface area contributed by atoms with Crippen molar-refractivity contribution >= 4 is 23.2 Å². The first-order chi connectivity index (χ1) is 14.7. The van der Waals surface area contributed by atoms with E-state index in [0.717, 1.165) is 6.08 Å². The van der Waals surface area contributed by atoms with Crippen LogP contribution in [-0.4, -0.2) is 51.3 Å². The van der Waals surface area contributed by atoms with Crippen LogP contribution in [-0.2, 0) is 19.1 Å². The Hall–Kier alpha value is -1.15. The van der Waals surface area contributed by atoms with Crippen LogP contribution < -0.4 is 0 Å². The van der Waals surface area contributed by atoms with E-state index in [0.29, 0.717) is 6.42 Å². The minimum absolute atomic E-state index is 0.0406. The Bertz CT molecular complexity index is 993. The zero-order valence-corrected chi connectivity index (χ0v) is 19.6. The van der Waals surface area contributed by atoms with Gasteiger partial charge in [0.25, 0.3) is 0 Å². The summed E-state index contributed by atoms with van der Waals surface area (Å²) < 4.78 is 44.5. The van der Waals surface area contributed by atoms with Crippen molar-refractivity contribution < 1.29 is 33.0 Å². The maximum atomic E-state index is 17.2. The van der Waals surface area contributed by atoms with Crippen LogP contribution >= 0.6 is 11.6 Å². The molecule has 176 valence electrons. The molecule has 3 saturated carbocycles. The molecule has 0 aromatic carbocycles. The second-order valence-electron chi connectivity index (χ2n) is 11.1. The number of alkyl halides is 2. The first kappa shape index (κ1) is 22.6. The molecule has 5 rings (SSSR count). The maximum Gasteiger partial charge on any atom is 0.213 e. The quantitative estimate of drug-likeness (QED) is 0.587. The van der Waals surface area contributed by atoms with Crippen molar-refractivity contribution in [3.8, 4) is 0 Å². The van der Waals surface area contributed by atoms with Gasteiger partial charge in [0.2, 0.25) is 5.78 Å². The van der Waals surface area contributed by atoms with Crippen LogP contribution in [0.25, 0.3) is 0 Å². The van der Waals surface area contributed by atoms with Gasteiger partial charge in [-0.1, -0.05) is 13.0 Å². The molecule has 32 heavy (non-hydrogen) atoms. The topological polar surface area (TPSA) is 72.8 Å². The number of ketones is 2. The van der Waals surface area contributed by atoms with Gasteiger partial charge in [-0.15, -0.1) is 11.6 Å². The Morgan fingerprint density at radius 3 is 2.50 bits per heavy atom. The molecule has 0 amide bonds. The summed E-state index contributed by atoms with van der Waals surface area (Å²) in [7, 11) is 0. The minimum Gasteiger partial charge on any atom is -0.390 e. The molecule has 9 atom stereocenters. The summed E-state index contributed by atoms with van der Waals surface area (Å²) in [5.41, 5.74) is -6.16. The van der Waals surface area contributed by atoms with Gasteiger partial charge in [-0.3, -0.25) is 9.59 Å². The van der Waals surface area contributed by atoms with Gasteiger partial charge in [-0.05, 0) is 59.0 Å². The SMILES string of the molecule is CC(=O)[C@@]12OC(C)(C)O[C@@H]1C[C@H]1[C@@H]3CC(Cl)C4=C(F)C(=O)C=C[C@]4(C)[C@@]3(F)[C@@H](O)C[C@@]12C. The zero-order valence-electron chi connectivity index (χ0n) is 18.9. The highest BCUT2D eigenvalue weighted by Gasteiger charge is 2.80. The number of allylic oxidation sites excluding steroid dienone is 4. The number of aliphatic hydroxyl groups excluding tert-OH is 1. The van der Waals surface area contributed by atoms with Crippen molar-refractivity contribution in [3.63, 3.8) is 0 Å². The highest BCUT2D eigenvalue weighted by Crippen LogP contribution is 2.72. The fourth-order valence-electron chi connectivity index (χ4n) is 8.04. The number of aliphatic hydroxyl groups is 1. The van der Waals surface area contributed by atoms with Crippen molar-refractivity contribution in [1.29, 1.82) is 0 Å². The van der Waals surface area contributed by atoms with Gasteiger partial charge in [-0.25, -0.2) is 8.78 Å². The van der Waals surface area contributed by atoms with Crippen LogP contribution in [0, 0.1) is 22.7 Å². The lowest BCUT2D eigenvalue weighted by Gasteiger charge is -2.63. The van der Waals surface area contributed by atoms with Gasteiger partial charge in [0.1, 0.15) is 0 Å². The number of hydrogen-bond acceptors (Lipinski definition) is 5. The average molecular weight is 471 g/mol. The molecule has 1 unspecified atom stereocenters. The third-order valence-electron chi connectivity index (χ3n) is 9.22. The molecule has 8 heteroatoms. The molecule has 5 nitrogen and oxygen atoms in total. The molecular formula is C24H29ClF2O5. The molecular weight excluding hydrogens is 442 g/mol. The molecule has 0 bridgehead atoms. The number of fused-ring (bicyclic) bond motifs is 7. The summed E-state index contributed by atoms with van der Waals surface area (Å²) in [6.45, 7) is 8.31. The molecule has 4 fully saturated rings. The Morgan fingerprint density at radius 2 is 1.88 bits per heavy atom. The van der Waals surface area contributed by atoms with Gasteiger partial charge in [-0.2, -0.15) is 0 Å². The van der Waals surface area contributed by atoms with Gasteiger partial charge in [0.05, 0.1) is 17.6 Å².